The molecule has 2 aromatic rings. The lowest BCUT2D eigenvalue weighted by Crippen LogP contribution is -2.35. The molecule has 0 fully saturated rings. The van der Waals surface area contributed by atoms with E-state index in [9.17, 15) is 9.18 Å². The smallest absolute Gasteiger partial charge is 0.331 e. The van der Waals surface area contributed by atoms with Crippen LogP contribution >= 0.6 is 0 Å². The summed E-state index contributed by atoms with van der Waals surface area (Å²) in [5.74, 6) is -0.230. The Hall–Kier alpha value is -3.00. The molecular formula is C21H25FN4O3. The Kier molecular flexibility index (Phi) is 7.13. The third-order valence-corrected chi connectivity index (χ3v) is 4.64. The first kappa shape index (κ1) is 20.7. The highest BCUT2D eigenvalue weighted by atomic mass is 19.1. The highest BCUT2D eigenvalue weighted by Gasteiger charge is 2.23. The summed E-state index contributed by atoms with van der Waals surface area (Å²) in [6.45, 7) is 3.71. The van der Waals surface area contributed by atoms with Gasteiger partial charge in [-0.05, 0) is 62.6 Å². The van der Waals surface area contributed by atoms with Gasteiger partial charge in [-0.15, -0.1) is 0 Å². The van der Waals surface area contributed by atoms with Crippen molar-refractivity contribution in [2.24, 2.45) is 0 Å². The third-order valence-electron chi connectivity index (χ3n) is 4.64. The van der Waals surface area contributed by atoms with Crippen LogP contribution in [0.1, 0.15) is 30.9 Å². The zero-order chi connectivity index (χ0) is 20.6. The van der Waals surface area contributed by atoms with Crippen LogP contribution < -0.4 is 15.4 Å². The number of carboxylic acid groups (broad SMARTS) is 1. The average Bonchev–Trinajstić information content (AvgIpc) is 2.71. The Bertz CT molecular complexity index is 874. The van der Waals surface area contributed by atoms with E-state index < -0.39 is 5.97 Å². The first-order chi connectivity index (χ1) is 14.0. The minimum absolute atomic E-state index is 0.0457. The van der Waals surface area contributed by atoms with Gasteiger partial charge in [-0.3, -0.25) is 0 Å². The second kappa shape index (κ2) is 9.97. The van der Waals surface area contributed by atoms with Crippen LogP contribution in [0.3, 0.4) is 0 Å². The zero-order valence-corrected chi connectivity index (χ0v) is 16.3. The Labute approximate surface area is 169 Å². The van der Waals surface area contributed by atoms with Crippen molar-refractivity contribution in [1.29, 1.82) is 0 Å². The lowest BCUT2D eigenvalue weighted by atomic mass is 9.97. The number of aromatic nitrogens is 2. The molecule has 0 bridgehead atoms. The lowest BCUT2D eigenvalue weighted by Gasteiger charge is -2.28. The normalized spacial score (nSPS) is 16.1. The molecule has 0 amide bonds. The predicted molar refractivity (Wildman–Crippen MR) is 108 cm³/mol. The number of hydrogen-bond donors (Lipinski definition) is 3. The number of benzene rings is 1. The van der Waals surface area contributed by atoms with Crippen molar-refractivity contribution in [1.82, 2.24) is 15.3 Å². The van der Waals surface area contributed by atoms with Crippen molar-refractivity contribution >= 4 is 18.0 Å². The van der Waals surface area contributed by atoms with Gasteiger partial charge >= 0.3 is 5.97 Å². The molecule has 3 rings (SSSR count). The summed E-state index contributed by atoms with van der Waals surface area (Å²) < 4.78 is 20.0. The van der Waals surface area contributed by atoms with Gasteiger partial charge in [0.05, 0.1) is 0 Å². The first-order valence-electron chi connectivity index (χ1n) is 9.65. The van der Waals surface area contributed by atoms with Crippen LogP contribution in [0.2, 0.25) is 0 Å². The van der Waals surface area contributed by atoms with Gasteiger partial charge in [0.25, 0.3) is 0 Å². The summed E-state index contributed by atoms with van der Waals surface area (Å²) in [6.07, 6.45) is 7.17. The molecule has 1 atom stereocenters. The molecule has 2 heterocycles. The van der Waals surface area contributed by atoms with Gasteiger partial charge in [-0.25, -0.2) is 19.2 Å². The Morgan fingerprint density at radius 3 is 2.90 bits per heavy atom. The van der Waals surface area contributed by atoms with E-state index in [1.165, 1.54) is 25.1 Å². The van der Waals surface area contributed by atoms with Crippen molar-refractivity contribution < 1.29 is 19.0 Å². The summed E-state index contributed by atoms with van der Waals surface area (Å²) in [5.41, 5.74) is 1.38. The lowest BCUT2D eigenvalue weighted by molar-refractivity contribution is -0.132. The van der Waals surface area contributed by atoms with Crippen LogP contribution in [-0.4, -0.2) is 46.8 Å². The molecule has 7 nitrogen and oxygen atoms in total. The molecule has 3 N–H and O–H groups in total. The average molecular weight is 400 g/mol. The molecule has 1 unspecified atom stereocenters. The molecule has 29 heavy (non-hydrogen) atoms. The van der Waals surface area contributed by atoms with Gasteiger partial charge in [0.1, 0.15) is 17.7 Å². The highest BCUT2D eigenvalue weighted by Crippen LogP contribution is 2.33. The molecule has 0 saturated carbocycles. The van der Waals surface area contributed by atoms with E-state index in [4.69, 9.17) is 9.84 Å². The maximum Gasteiger partial charge on any atom is 0.331 e. The third kappa shape index (κ3) is 5.99. The number of anilines is 1. The monoisotopic (exact) mass is 400 g/mol. The number of aryl methyl sites for hydroxylation is 1. The van der Waals surface area contributed by atoms with Crippen molar-refractivity contribution in [3.63, 3.8) is 0 Å². The maximum absolute atomic E-state index is 13.9. The number of rotatable bonds is 9. The molecule has 0 radical (unpaired) electrons. The summed E-state index contributed by atoms with van der Waals surface area (Å²) in [4.78, 5) is 19.3. The highest BCUT2D eigenvalue weighted by molar-refractivity contribution is 5.92. The molecule has 154 valence electrons. The summed E-state index contributed by atoms with van der Waals surface area (Å²) >= 11 is 0. The molecule has 1 aromatic carbocycles. The molecule has 1 aliphatic rings. The number of nitrogens with zero attached hydrogens (tertiary/aromatic N) is 2. The second-order valence-corrected chi connectivity index (χ2v) is 6.95. The number of carbonyl (C=O) groups is 1. The van der Waals surface area contributed by atoms with Crippen LogP contribution in [0, 0.1) is 5.82 Å². The number of hydrogen-bond acceptors (Lipinski definition) is 6. The van der Waals surface area contributed by atoms with Gasteiger partial charge in [0, 0.05) is 36.6 Å². The van der Waals surface area contributed by atoms with E-state index in [1.807, 2.05) is 0 Å². The summed E-state index contributed by atoms with van der Waals surface area (Å²) in [5, 5.41) is 15.6. The van der Waals surface area contributed by atoms with Crippen LogP contribution in [0.25, 0.3) is 6.08 Å². The molecule has 0 aliphatic carbocycles. The van der Waals surface area contributed by atoms with Crippen LogP contribution in [-0.2, 0) is 11.2 Å². The van der Waals surface area contributed by atoms with E-state index in [2.05, 4.69) is 20.6 Å². The van der Waals surface area contributed by atoms with E-state index >= 15 is 0 Å². The zero-order valence-electron chi connectivity index (χ0n) is 16.3. The molecular weight excluding hydrogens is 375 g/mol. The van der Waals surface area contributed by atoms with E-state index in [0.29, 0.717) is 30.2 Å². The van der Waals surface area contributed by atoms with Crippen LogP contribution in [0.5, 0.6) is 5.75 Å². The van der Waals surface area contributed by atoms with Crippen molar-refractivity contribution in [3.8, 4) is 5.75 Å². The number of ether oxygens (including phenoxy) is 1. The van der Waals surface area contributed by atoms with Crippen LogP contribution in [0.4, 0.5) is 10.3 Å². The van der Waals surface area contributed by atoms with Gasteiger partial charge in [0.15, 0.2) is 0 Å². The SMILES string of the molecule is CC(=Cc1cc(F)cc2c1OC(CNCCCNc1ncccn1)CC2)C(=O)O. The van der Waals surface area contributed by atoms with Crippen molar-refractivity contribution in [2.75, 3.05) is 25.0 Å². The largest absolute Gasteiger partial charge is 0.488 e. The Balaban J connectivity index is 1.50. The van der Waals surface area contributed by atoms with Crippen molar-refractivity contribution in [3.05, 3.63) is 53.1 Å². The summed E-state index contributed by atoms with van der Waals surface area (Å²) in [6, 6.07) is 4.55. The quantitative estimate of drug-likeness (QED) is 0.440. The Morgan fingerprint density at radius 2 is 2.14 bits per heavy atom. The number of nitrogens with one attached hydrogen (secondary N) is 2. The maximum atomic E-state index is 13.9. The fourth-order valence-electron chi connectivity index (χ4n) is 3.16. The summed E-state index contributed by atoms with van der Waals surface area (Å²) in [7, 11) is 0. The fraction of sp³-hybridized carbons (Fsp3) is 0.381. The topological polar surface area (TPSA) is 96.4 Å². The minimum Gasteiger partial charge on any atom is -0.488 e. The van der Waals surface area contributed by atoms with Crippen molar-refractivity contribution in [2.45, 2.75) is 32.3 Å². The van der Waals surface area contributed by atoms with Gasteiger partial charge < -0.3 is 20.5 Å². The predicted octanol–water partition coefficient (Wildman–Crippen LogP) is 2.89. The molecule has 1 aliphatic heterocycles. The fourth-order valence-corrected chi connectivity index (χ4v) is 3.16. The number of carboxylic acids is 1. The first-order valence-corrected chi connectivity index (χ1v) is 9.65. The molecule has 0 saturated heterocycles. The van der Waals surface area contributed by atoms with E-state index in [0.717, 1.165) is 31.5 Å². The van der Waals surface area contributed by atoms with Gasteiger partial charge in [0.2, 0.25) is 5.95 Å². The van der Waals surface area contributed by atoms with Gasteiger partial charge in [-0.1, -0.05) is 0 Å². The molecule has 8 heteroatoms. The number of aliphatic carboxylic acids is 1. The standard InChI is InChI=1S/C21H25FN4O3/c1-14(20(27)28)10-16-12-17(22)11-15-4-5-18(29-19(15)16)13-23-6-2-7-24-21-25-8-3-9-26-21/h3,8-12,18,23H,2,4-7,13H2,1H3,(H,27,28)(H,24,25,26). The van der Waals surface area contributed by atoms with E-state index in [-0.39, 0.29) is 17.5 Å². The Morgan fingerprint density at radius 1 is 1.34 bits per heavy atom. The molecule has 0 spiro atoms. The van der Waals surface area contributed by atoms with Gasteiger partial charge in [-0.2, -0.15) is 0 Å². The number of fused-ring (bicyclic) bond motifs is 1. The molecule has 1 aromatic heterocycles. The minimum atomic E-state index is -1.04. The second-order valence-electron chi connectivity index (χ2n) is 6.95. The number of halogens is 1. The van der Waals surface area contributed by atoms with E-state index in [1.54, 1.807) is 18.5 Å². The van der Waals surface area contributed by atoms with Crippen LogP contribution in [0.15, 0.2) is 36.2 Å².